The SMILES string of the molecule is COc1cc2c(cc1OC)[C@H](C(=O)N1CCN(c3cccc(Cl)c3)CC1)[C@@H](c1cccs1)N(C)C2=O. The number of benzene rings is 2. The number of ether oxygens (including phenoxy) is 2. The van der Waals surface area contributed by atoms with E-state index in [4.69, 9.17) is 21.1 Å². The number of carbonyl (C=O) groups excluding carboxylic acids is 2. The smallest absolute Gasteiger partial charge is 0.254 e. The number of amides is 2. The molecule has 1 fully saturated rings. The van der Waals surface area contributed by atoms with Gasteiger partial charge in [-0.2, -0.15) is 0 Å². The molecule has 188 valence electrons. The normalized spacial score (nSPS) is 19.8. The Morgan fingerprint density at radius 3 is 2.36 bits per heavy atom. The van der Waals surface area contributed by atoms with Crippen LogP contribution in [0.2, 0.25) is 5.02 Å². The largest absolute Gasteiger partial charge is 0.493 e. The summed E-state index contributed by atoms with van der Waals surface area (Å²) in [7, 11) is 4.87. The Balaban J connectivity index is 1.50. The molecule has 0 saturated carbocycles. The predicted molar refractivity (Wildman–Crippen MR) is 142 cm³/mol. The first-order valence-electron chi connectivity index (χ1n) is 11.8. The molecule has 0 spiro atoms. The molecular formula is C27H28ClN3O4S. The van der Waals surface area contributed by atoms with E-state index in [9.17, 15) is 9.59 Å². The van der Waals surface area contributed by atoms with Crippen LogP contribution in [0.5, 0.6) is 11.5 Å². The van der Waals surface area contributed by atoms with Crippen LogP contribution < -0.4 is 14.4 Å². The molecule has 0 unspecified atom stereocenters. The zero-order valence-electron chi connectivity index (χ0n) is 20.4. The van der Waals surface area contributed by atoms with Crippen molar-refractivity contribution in [3.05, 3.63) is 74.9 Å². The average molecular weight is 526 g/mol. The Morgan fingerprint density at radius 2 is 1.72 bits per heavy atom. The summed E-state index contributed by atoms with van der Waals surface area (Å²) in [6, 6.07) is 14.8. The summed E-state index contributed by atoms with van der Waals surface area (Å²) in [5.41, 5.74) is 2.20. The van der Waals surface area contributed by atoms with Crippen LogP contribution in [-0.2, 0) is 4.79 Å². The van der Waals surface area contributed by atoms with Gasteiger partial charge in [0.1, 0.15) is 0 Å². The summed E-state index contributed by atoms with van der Waals surface area (Å²) in [6.07, 6.45) is 0. The monoisotopic (exact) mass is 525 g/mol. The zero-order chi connectivity index (χ0) is 25.4. The van der Waals surface area contributed by atoms with Crippen molar-refractivity contribution in [1.29, 1.82) is 0 Å². The summed E-state index contributed by atoms with van der Waals surface area (Å²) >= 11 is 7.74. The Hall–Kier alpha value is -3.23. The molecule has 2 atom stereocenters. The molecule has 2 amide bonds. The second kappa shape index (κ2) is 10.0. The van der Waals surface area contributed by atoms with Crippen LogP contribution in [0.25, 0.3) is 0 Å². The molecule has 7 nitrogen and oxygen atoms in total. The molecule has 0 radical (unpaired) electrons. The molecule has 0 bridgehead atoms. The minimum absolute atomic E-state index is 0.00645. The predicted octanol–water partition coefficient (Wildman–Crippen LogP) is 4.68. The van der Waals surface area contributed by atoms with Gasteiger partial charge in [-0.3, -0.25) is 9.59 Å². The summed E-state index contributed by atoms with van der Waals surface area (Å²) < 4.78 is 11.0. The number of likely N-dealkylation sites (N-methyl/N-ethyl adjacent to an activating group) is 1. The van der Waals surface area contributed by atoms with E-state index in [1.807, 2.05) is 46.7 Å². The Bertz CT molecular complexity index is 1270. The van der Waals surface area contributed by atoms with Crippen molar-refractivity contribution in [2.45, 2.75) is 12.0 Å². The number of thiophene rings is 1. The van der Waals surface area contributed by atoms with Crippen LogP contribution in [-0.4, -0.2) is 69.1 Å². The molecule has 1 aromatic heterocycles. The zero-order valence-corrected chi connectivity index (χ0v) is 22.0. The van der Waals surface area contributed by atoms with E-state index < -0.39 is 12.0 Å². The molecule has 3 heterocycles. The topological polar surface area (TPSA) is 62.3 Å². The van der Waals surface area contributed by atoms with Gasteiger partial charge in [-0.15, -0.1) is 11.3 Å². The summed E-state index contributed by atoms with van der Waals surface area (Å²) in [4.78, 5) is 34.5. The van der Waals surface area contributed by atoms with Crippen LogP contribution in [0.1, 0.15) is 32.8 Å². The third-order valence-corrected chi connectivity index (χ3v) is 8.22. The number of methoxy groups -OCH3 is 2. The fraction of sp³-hybridized carbons (Fsp3) is 0.333. The highest BCUT2D eigenvalue weighted by Crippen LogP contribution is 2.47. The highest BCUT2D eigenvalue weighted by Gasteiger charge is 2.45. The van der Waals surface area contributed by atoms with Crippen molar-refractivity contribution in [2.24, 2.45) is 0 Å². The lowest BCUT2D eigenvalue weighted by Crippen LogP contribution is -2.53. The fourth-order valence-electron chi connectivity index (χ4n) is 5.18. The number of halogens is 1. The van der Waals surface area contributed by atoms with Crippen molar-refractivity contribution in [3.63, 3.8) is 0 Å². The standard InChI is InChI=1S/C27H28ClN3O4S/c1-29-25(23-8-5-13-36-23)24(19-15-21(34-2)22(35-3)16-20(19)26(29)32)27(33)31-11-9-30(10-12-31)18-7-4-6-17(28)14-18/h4-8,13-16,24-25H,9-12H2,1-3H3/t24-,25+/m0/s1. The molecule has 2 aromatic carbocycles. The van der Waals surface area contributed by atoms with E-state index in [2.05, 4.69) is 4.90 Å². The number of anilines is 1. The van der Waals surface area contributed by atoms with Gasteiger partial charge in [0.15, 0.2) is 11.5 Å². The van der Waals surface area contributed by atoms with E-state index in [1.165, 1.54) is 7.11 Å². The van der Waals surface area contributed by atoms with Gasteiger partial charge in [0.25, 0.3) is 5.91 Å². The van der Waals surface area contributed by atoms with Crippen molar-refractivity contribution < 1.29 is 19.1 Å². The number of hydrogen-bond acceptors (Lipinski definition) is 6. The summed E-state index contributed by atoms with van der Waals surface area (Å²) in [5, 5.41) is 2.67. The maximum atomic E-state index is 14.2. The second-order valence-electron chi connectivity index (χ2n) is 8.94. The molecule has 36 heavy (non-hydrogen) atoms. The van der Waals surface area contributed by atoms with E-state index in [0.717, 1.165) is 10.6 Å². The van der Waals surface area contributed by atoms with Gasteiger partial charge in [0, 0.05) is 54.4 Å². The number of carbonyl (C=O) groups is 2. The number of rotatable bonds is 5. The molecule has 5 rings (SSSR count). The van der Waals surface area contributed by atoms with Crippen molar-refractivity contribution >= 4 is 40.4 Å². The average Bonchev–Trinajstić information content (AvgIpc) is 3.44. The molecule has 2 aliphatic heterocycles. The molecular weight excluding hydrogens is 498 g/mol. The molecule has 1 saturated heterocycles. The van der Waals surface area contributed by atoms with Gasteiger partial charge in [-0.05, 0) is 47.3 Å². The third kappa shape index (κ3) is 4.29. The van der Waals surface area contributed by atoms with Gasteiger partial charge < -0.3 is 24.2 Å². The quantitative estimate of drug-likeness (QED) is 0.484. The van der Waals surface area contributed by atoms with Gasteiger partial charge in [0.05, 0.1) is 26.2 Å². The first-order chi connectivity index (χ1) is 17.4. The highest BCUT2D eigenvalue weighted by molar-refractivity contribution is 7.10. The molecule has 0 aliphatic carbocycles. The van der Waals surface area contributed by atoms with Crippen LogP contribution >= 0.6 is 22.9 Å². The maximum Gasteiger partial charge on any atom is 0.254 e. The fourth-order valence-corrected chi connectivity index (χ4v) is 6.27. The van der Waals surface area contributed by atoms with Crippen LogP contribution in [0.15, 0.2) is 53.9 Å². The molecule has 9 heteroatoms. The van der Waals surface area contributed by atoms with Gasteiger partial charge in [-0.25, -0.2) is 0 Å². The van der Waals surface area contributed by atoms with Crippen LogP contribution in [0, 0.1) is 0 Å². The Labute approximate surface area is 219 Å². The minimum Gasteiger partial charge on any atom is -0.493 e. The number of nitrogens with zero attached hydrogens (tertiary/aromatic N) is 3. The van der Waals surface area contributed by atoms with E-state index >= 15 is 0 Å². The Kier molecular flexibility index (Phi) is 6.81. The number of piperazine rings is 1. The number of fused-ring (bicyclic) bond motifs is 1. The first-order valence-corrected chi connectivity index (χ1v) is 13.0. The summed E-state index contributed by atoms with van der Waals surface area (Å²) in [6.45, 7) is 2.57. The molecule has 3 aromatic rings. The molecule has 2 aliphatic rings. The van der Waals surface area contributed by atoms with E-state index in [-0.39, 0.29) is 11.8 Å². The molecule has 0 N–H and O–H groups in total. The van der Waals surface area contributed by atoms with E-state index in [0.29, 0.717) is 53.8 Å². The third-order valence-electron chi connectivity index (χ3n) is 7.04. The van der Waals surface area contributed by atoms with Gasteiger partial charge in [-0.1, -0.05) is 23.7 Å². The lowest BCUT2D eigenvalue weighted by Gasteiger charge is -2.43. The van der Waals surface area contributed by atoms with Crippen molar-refractivity contribution in [2.75, 3.05) is 52.3 Å². The number of hydrogen-bond donors (Lipinski definition) is 0. The highest BCUT2D eigenvalue weighted by atomic mass is 35.5. The summed E-state index contributed by atoms with van der Waals surface area (Å²) in [5.74, 6) is 0.279. The minimum atomic E-state index is -0.557. The van der Waals surface area contributed by atoms with Crippen molar-refractivity contribution in [1.82, 2.24) is 9.80 Å². The lowest BCUT2D eigenvalue weighted by molar-refractivity contribution is -0.134. The first kappa shape index (κ1) is 24.5. The van der Waals surface area contributed by atoms with E-state index in [1.54, 1.807) is 42.5 Å². The van der Waals surface area contributed by atoms with Crippen LogP contribution in [0.4, 0.5) is 5.69 Å². The van der Waals surface area contributed by atoms with Crippen LogP contribution in [0.3, 0.4) is 0 Å². The maximum absolute atomic E-state index is 14.2. The van der Waals surface area contributed by atoms with Gasteiger partial charge >= 0.3 is 0 Å². The van der Waals surface area contributed by atoms with Crippen molar-refractivity contribution in [3.8, 4) is 11.5 Å². The second-order valence-corrected chi connectivity index (χ2v) is 10.4. The Morgan fingerprint density at radius 1 is 1.00 bits per heavy atom. The lowest BCUT2D eigenvalue weighted by atomic mass is 9.81. The van der Waals surface area contributed by atoms with Gasteiger partial charge in [0.2, 0.25) is 5.91 Å².